The second-order valence-corrected chi connectivity index (χ2v) is 11.2. The summed E-state index contributed by atoms with van der Waals surface area (Å²) in [4.78, 5) is 23.5. The summed E-state index contributed by atoms with van der Waals surface area (Å²) in [6.45, 7) is 4.10. The largest absolute Gasteiger partial charge is 0.481 e. The van der Waals surface area contributed by atoms with Gasteiger partial charge >= 0.3 is 11.9 Å². The Labute approximate surface area is 182 Å². The quantitative estimate of drug-likeness (QED) is 0.103. The van der Waals surface area contributed by atoms with E-state index in [0.29, 0.717) is 12.8 Å². The van der Waals surface area contributed by atoms with Crippen LogP contribution in [0, 0.1) is 0 Å². The zero-order chi connectivity index (χ0) is 21.8. The highest BCUT2D eigenvalue weighted by Gasteiger charge is 2.64. The summed E-state index contributed by atoms with van der Waals surface area (Å²) >= 11 is 1.79. The van der Waals surface area contributed by atoms with E-state index in [1.807, 2.05) is 6.92 Å². The molecule has 0 heterocycles. The Hall–Kier alpha value is -0.420. The van der Waals surface area contributed by atoms with Crippen molar-refractivity contribution in [2.24, 2.45) is 0 Å². The molecular formula is C19H35IO7S. The molecule has 2 unspecified atom stereocenters. The number of alkyl halides is 1. The smallest absolute Gasteiger partial charge is 0.329 e. The average molecular weight is 534 g/mol. The lowest BCUT2D eigenvalue weighted by molar-refractivity contribution is -0.148. The first-order valence-electron chi connectivity index (χ1n) is 10.1. The summed E-state index contributed by atoms with van der Waals surface area (Å²) in [5, 5.41) is 19.0. The first-order valence-corrected chi connectivity index (χ1v) is 12.6. The molecule has 0 saturated heterocycles. The van der Waals surface area contributed by atoms with Gasteiger partial charge in [0.15, 0.2) is 0 Å². The van der Waals surface area contributed by atoms with Crippen molar-refractivity contribution in [1.82, 2.24) is 0 Å². The van der Waals surface area contributed by atoms with Crippen molar-refractivity contribution in [2.45, 2.75) is 105 Å². The third-order valence-corrected chi connectivity index (χ3v) is 9.22. The molecule has 28 heavy (non-hydrogen) atoms. The second kappa shape index (κ2) is 13.0. The minimum atomic E-state index is -5.16. The standard InChI is InChI=1S/C19H35IO7S/c1-3-5-7-8-9-10-12-14-18(20,13-11-6-4-2)19(17(23)24,15-16(21)22)28(25,26)27/h3-15H2,1-2H3,(H,21,22)(H,23,24)(H,25,26,27). The van der Waals surface area contributed by atoms with E-state index in [9.17, 15) is 32.8 Å². The summed E-state index contributed by atoms with van der Waals surface area (Å²) in [7, 11) is -5.16. The van der Waals surface area contributed by atoms with Crippen molar-refractivity contribution in [1.29, 1.82) is 0 Å². The molecule has 3 N–H and O–H groups in total. The molecule has 0 aromatic rings. The number of halogens is 1. The lowest BCUT2D eigenvalue weighted by atomic mass is 9.80. The van der Waals surface area contributed by atoms with E-state index in [2.05, 4.69) is 6.92 Å². The molecule has 0 aromatic heterocycles. The van der Waals surface area contributed by atoms with E-state index in [0.717, 1.165) is 51.4 Å². The van der Waals surface area contributed by atoms with Crippen molar-refractivity contribution in [3.8, 4) is 0 Å². The van der Waals surface area contributed by atoms with Crippen LogP contribution in [0.1, 0.15) is 97.3 Å². The zero-order valence-corrected chi connectivity index (χ0v) is 19.9. The van der Waals surface area contributed by atoms with Crippen LogP contribution in [0.4, 0.5) is 0 Å². The van der Waals surface area contributed by atoms with Crippen molar-refractivity contribution in [2.75, 3.05) is 0 Å². The number of hydrogen-bond acceptors (Lipinski definition) is 4. The van der Waals surface area contributed by atoms with E-state index in [-0.39, 0.29) is 12.8 Å². The van der Waals surface area contributed by atoms with Crippen LogP contribution < -0.4 is 0 Å². The van der Waals surface area contributed by atoms with E-state index in [4.69, 9.17) is 0 Å². The normalized spacial score (nSPS) is 16.3. The number of carboxylic acids is 2. The molecule has 0 rings (SSSR count). The summed E-state index contributed by atoms with van der Waals surface area (Å²) in [5.41, 5.74) is 0. The number of carbonyl (C=O) groups is 2. The van der Waals surface area contributed by atoms with Gasteiger partial charge in [-0.25, -0.2) is 0 Å². The fraction of sp³-hybridized carbons (Fsp3) is 0.895. The molecule has 0 aromatic carbocycles. The minimum Gasteiger partial charge on any atom is -0.481 e. The Bertz CT molecular complexity index is 593. The number of unbranched alkanes of at least 4 members (excludes halogenated alkanes) is 8. The van der Waals surface area contributed by atoms with Crippen molar-refractivity contribution < 1.29 is 32.8 Å². The molecule has 0 bridgehead atoms. The molecule has 0 aliphatic heterocycles. The van der Waals surface area contributed by atoms with Crippen LogP contribution in [0.2, 0.25) is 0 Å². The van der Waals surface area contributed by atoms with E-state index < -0.39 is 36.6 Å². The van der Waals surface area contributed by atoms with E-state index in [1.165, 1.54) is 0 Å². The molecule has 0 amide bonds. The van der Waals surface area contributed by atoms with Crippen LogP contribution in [-0.4, -0.2) is 43.3 Å². The fourth-order valence-electron chi connectivity index (χ4n) is 3.62. The lowest BCUT2D eigenvalue weighted by Crippen LogP contribution is -2.61. The maximum atomic E-state index is 12.2. The number of aliphatic carboxylic acids is 2. The van der Waals surface area contributed by atoms with Gasteiger partial charge in [0.1, 0.15) is 0 Å². The highest BCUT2D eigenvalue weighted by molar-refractivity contribution is 14.1. The van der Waals surface area contributed by atoms with Gasteiger partial charge in [-0.15, -0.1) is 0 Å². The molecule has 166 valence electrons. The molecule has 0 radical (unpaired) electrons. The maximum absolute atomic E-state index is 12.2. The summed E-state index contributed by atoms with van der Waals surface area (Å²) < 4.78 is 30.1. The third kappa shape index (κ3) is 7.78. The topological polar surface area (TPSA) is 129 Å². The summed E-state index contributed by atoms with van der Waals surface area (Å²) in [6, 6.07) is 0. The van der Waals surface area contributed by atoms with Crippen molar-refractivity contribution >= 4 is 44.6 Å². The Balaban J connectivity index is 5.63. The van der Waals surface area contributed by atoms with Crippen molar-refractivity contribution in [3.63, 3.8) is 0 Å². The van der Waals surface area contributed by atoms with Gasteiger partial charge in [-0.05, 0) is 12.8 Å². The Morgan fingerprint density at radius 3 is 1.61 bits per heavy atom. The van der Waals surface area contributed by atoms with Crippen LogP contribution in [0.25, 0.3) is 0 Å². The Kier molecular flexibility index (Phi) is 12.8. The first-order chi connectivity index (χ1) is 13.0. The van der Waals surface area contributed by atoms with Gasteiger partial charge in [-0.1, -0.05) is 101 Å². The van der Waals surface area contributed by atoms with Crippen molar-refractivity contribution in [3.05, 3.63) is 0 Å². The fourth-order valence-corrected chi connectivity index (χ4v) is 6.83. The van der Waals surface area contributed by atoms with Gasteiger partial charge in [-0.2, -0.15) is 8.42 Å². The van der Waals surface area contributed by atoms with Crippen LogP contribution in [0.3, 0.4) is 0 Å². The van der Waals surface area contributed by atoms with Crippen LogP contribution in [0.5, 0.6) is 0 Å². The SMILES string of the molecule is CCCCCCCCCC(I)(CCCCC)C(CC(=O)O)(C(=O)O)S(=O)(=O)O. The Morgan fingerprint density at radius 2 is 1.21 bits per heavy atom. The molecule has 0 saturated carbocycles. The molecule has 0 fully saturated rings. The van der Waals surface area contributed by atoms with Crippen LogP contribution in [-0.2, 0) is 19.7 Å². The predicted octanol–water partition coefficient (Wildman–Crippen LogP) is 5.07. The maximum Gasteiger partial charge on any atom is 0.329 e. The second-order valence-electron chi connectivity index (χ2n) is 7.47. The summed E-state index contributed by atoms with van der Waals surface area (Å²) in [6.07, 6.45) is 8.35. The first kappa shape index (κ1) is 27.6. The zero-order valence-electron chi connectivity index (χ0n) is 17.0. The Morgan fingerprint density at radius 1 is 0.821 bits per heavy atom. The number of hydrogen-bond donors (Lipinski definition) is 3. The summed E-state index contributed by atoms with van der Waals surface area (Å²) in [5.74, 6) is -3.36. The van der Waals surface area contributed by atoms with Gasteiger partial charge < -0.3 is 10.2 Å². The lowest BCUT2D eigenvalue weighted by Gasteiger charge is -2.41. The van der Waals surface area contributed by atoms with E-state index >= 15 is 0 Å². The van der Waals surface area contributed by atoms with Crippen LogP contribution >= 0.6 is 22.6 Å². The molecule has 0 spiro atoms. The average Bonchev–Trinajstić information content (AvgIpc) is 2.57. The van der Waals surface area contributed by atoms with Gasteiger partial charge in [0.05, 0.1) is 9.84 Å². The van der Waals surface area contributed by atoms with Gasteiger partial charge in [0.25, 0.3) is 10.1 Å². The molecular weight excluding hydrogens is 499 g/mol. The molecule has 9 heteroatoms. The molecule has 7 nitrogen and oxygen atoms in total. The highest BCUT2D eigenvalue weighted by atomic mass is 127. The minimum absolute atomic E-state index is 0.219. The monoisotopic (exact) mass is 534 g/mol. The number of rotatable bonds is 17. The van der Waals surface area contributed by atoms with Gasteiger partial charge in [0, 0.05) is 0 Å². The van der Waals surface area contributed by atoms with Gasteiger partial charge in [0.2, 0.25) is 4.75 Å². The predicted molar refractivity (Wildman–Crippen MR) is 118 cm³/mol. The number of carboxylic acid groups (broad SMARTS) is 2. The van der Waals surface area contributed by atoms with Gasteiger partial charge in [-0.3, -0.25) is 14.1 Å². The molecule has 0 aliphatic rings. The third-order valence-electron chi connectivity index (χ3n) is 5.26. The van der Waals surface area contributed by atoms with E-state index in [1.54, 1.807) is 22.6 Å². The molecule has 0 aliphatic carbocycles. The highest BCUT2D eigenvalue weighted by Crippen LogP contribution is 2.48. The molecule has 2 atom stereocenters. The van der Waals surface area contributed by atoms with Crippen LogP contribution in [0.15, 0.2) is 0 Å².